The minimum atomic E-state index is -0.182. The highest BCUT2D eigenvalue weighted by molar-refractivity contribution is 5.69. The summed E-state index contributed by atoms with van der Waals surface area (Å²) in [6.07, 6.45) is 0.745. The van der Waals surface area contributed by atoms with Crippen molar-refractivity contribution in [2.24, 2.45) is 0 Å². The van der Waals surface area contributed by atoms with Gasteiger partial charge in [-0.05, 0) is 18.9 Å². The van der Waals surface area contributed by atoms with Crippen LogP contribution in [0.4, 0.5) is 4.79 Å². The molecule has 1 aromatic carbocycles. The molecule has 15 heavy (non-hydrogen) atoms. The zero-order chi connectivity index (χ0) is 10.7. The van der Waals surface area contributed by atoms with Gasteiger partial charge in [-0.1, -0.05) is 30.3 Å². The third-order valence-corrected chi connectivity index (χ3v) is 2.55. The predicted molar refractivity (Wildman–Crippen MR) is 57.7 cm³/mol. The molecule has 0 N–H and O–H groups in total. The van der Waals surface area contributed by atoms with Crippen molar-refractivity contribution in [2.75, 3.05) is 13.1 Å². The van der Waals surface area contributed by atoms with Gasteiger partial charge in [-0.2, -0.15) is 0 Å². The molecule has 80 valence electrons. The lowest BCUT2D eigenvalue weighted by Gasteiger charge is -2.11. The number of carbonyl (C=O) groups is 1. The molecule has 1 atom stereocenters. The van der Waals surface area contributed by atoms with Gasteiger partial charge in [0.25, 0.3) is 0 Å². The number of rotatable bonds is 3. The molecule has 1 fully saturated rings. The molecule has 0 saturated carbocycles. The molecule has 0 spiro atoms. The molecule has 1 aliphatic heterocycles. The highest BCUT2D eigenvalue weighted by Crippen LogP contribution is 2.11. The molecule has 1 amide bonds. The van der Waals surface area contributed by atoms with E-state index in [1.807, 2.05) is 25.1 Å². The summed E-state index contributed by atoms with van der Waals surface area (Å²) in [7, 11) is 0. The van der Waals surface area contributed by atoms with E-state index in [0.717, 1.165) is 13.0 Å². The fraction of sp³-hybridized carbons (Fsp3) is 0.417. The van der Waals surface area contributed by atoms with Gasteiger partial charge >= 0.3 is 6.09 Å². The number of hydrogen-bond donors (Lipinski definition) is 0. The summed E-state index contributed by atoms with van der Waals surface area (Å²) in [6.45, 7) is 3.37. The average molecular weight is 205 g/mol. The summed E-state index contributed by atoms with van der Waals surface area (Å²) in [5, 5.41) is 0. The lowest BCUT2D eigenvalue weighted by atomic mass is 10.1. The minimum absolute atomic E-state index is 0.0354. The third kappa shape index (κ3) is 2.49. The highest BCUT2D eigenvalue weighted by Gasteiger charge is 2.27. The number of benzene rings is 1. The minimum Gasteiger partial charge on any atom is -0.445 e. The molecule has 0 bridgehead atoms. The first kappa shape index (κ1) is 10.0. The van der Waals surface area contributed by atoms with Crippen molar-refractivity contribution in [3.63, 3.8) is 0 Å². The maximum atomic E-state index is 11.3. The quantitative estimate of drug-likeness (QED) is 0.756. The molecule has 1 unspecified atom stereocenters. The molecular weight excluding hydrogens is 190 g/mol. The second kappa shape index (κ2) is 4.34. The fourth-order valence-electron chi connectivity index (χ4n) is 1.76. The summed E-state index contributed by atoms with van der Waals surface area (Å²) in [4.78, 5) is 13.1. The van der Waals surface area contributed by atoms with Gasteiger partial charge in [0.1, 0.15) is 6.10 Å². The standard InChI is InChI=1S/C12H15NO2/c1-10-9-13(12(14)15-10)8-7-11-5-3-2-4-6-11/h2-6,10H,7-9H2,1H3. The Labute approximate surface area is 89.7 Å². The topological polar surface area (TPSA) is 29.5 Å². The van der Waals surface area contributed by atoms with Crippen molar-refractivity contribution < 1.29 is 9.53 Å². The summed E-state index contributed by atoms with van der Waals surface area (Å²) >= 11 is 0. The summed E-state index contributed by atoms with van der Waals surface area (Å²) in [5.74, 6) is 0. The van der Waals surface area contributed by atoms with E-state index in [2.05, 4.69) is 12.1 Å². The van der Waals surface area contributed by atoms with Crippen LogP contribution in [-0.4, -0.2) is 30.2 Å². The van der Waals surface area contributed by atoms with Crippen molar-refractivity contribution >= 4 is 6.09 Å². The number of amides is 1. The first-order valence-corrected chi connectivity index (χ1v) is 5.25. The van der Waals surface area contributed by atoms with E-state index >= 15 is 0 Å². The second-order valence-corrected chi connectivity index (χ2v) is 3.88. The Hall–Kier alpha value is -1.51. The number of carbonyl (C=O) groups excluding carboxylic acids is 1. The van der Waals surface area contributed by atoms with Crippen LogP contribution in [0.25, 0.3) is 0 Å². The van der Waals surface area contributed by atoms with Gasteiger partial charge in [0.15, 0.2) is 0 Å². The molecule has 0 aliphatic carbocycles. The van der Waals surface area contributed by atoms with Crippen LogP contribution in [0.2, 0.25) is 0 Å². The zero-order valence-electron chi connectivity index (χ0n) is 8.85. The van der Waals surface area contributed by atoms with Crippen molar-refractivity contribution in [3.05, 3.63) is 35.9 Å². The Bertz CT molecular complexity index is 337. The molecule has 0 radical (unpaired) electrons. The molecule has 3 heteroatoms. The summed E-state index contributed by atoms with van der Waals surface area (Å²) < 4.78 is 5.05. The van der Waals surface area contributed by atoms with E-state index in [-0.39, 0.29) is 12.2 Å². The first-order chi connectivity index (χ1) is 7.25. The molecule has 1 aromatic rings. The van der Waals surface area contributed by atoms with E-state index in [1.165, 1.54) is 5.56 Å². The SMILES string of the molecule is CC1CN(CCc2ccccc2)C(=O)O1. The highest BCUT2D eigenvalue weighted by atomic mass is 16.6. The van der Waals surface area contributed by atoms with Crippen LogP contribution in [-0.2, 0) is 11.2 Å². The van der Waals surface area contributed by atoms with Crippen molar-refractivity contribution in [1.82, 2.24) is 4.90 Å². The predicted octanol–water partition coefficient (Wildman–Crippen LogP) is 2.07. The van der Waals surface area contributed by atoms with Gasteiger partial charge in [-0.25, -0.2) is 4.79 Å². The van der Waals surface area contributed by atoms with Crippen LogP contribution in [0.15, 0.2) is 30.3 Å². The Morgan fingerprint density at radius 3 is 2.73 bits per heavy atom. The molecule has 2 rings (SSSR count). The van der Waals surface area contributed by atoms with E-state index in [0.29, 0.717) is 6.54 Å². The maximum absolute atomic E-state index is 11.3. The Morgan fingerprint density at radius 1 is 1.40 bits per heavy atom. The monoisotopic (exact) mass is 205 g/mol. The second-order valence-electron chi connectivity index (χ2n) is 3.88. The Kier molecular flexibility index (Phi) is 2.90. The molecule has 1 heterocycles. The molecule has 1 saturated heterocycles. The smallest absolute Gasteiger partial charge is 0.410 e. The van der Waals surface area contributed by atoms with Crippen molar-refractivity contribution in [3.8, 4) is 0 Å². The third-order valence-electron chi connectivity index (χ3n) is 2.55. The van der Waals surface area contributed by atoms with Gasteiger partial charge in [0.2, 0.25) is 0 Å². The van der Waals surface area contributed by atoms with Gasteiger partial charge in [0, 0.05) is 6.54 Å². The van der Waals surface area contributed by atoms with Crippen LogP contribution in [0.5, 0.6) is 0 Å². The van der Waals surface area contributed by atoms with Crippen LogP contribution in [0.1, 0.15) is 12.5 Å². The average Bonchev–Trinajstić information content (AvgIpc) is 2.56. The number of ether oxygens (including phenoxy) is 1. The van der Waals surface area contributed by atoms with Crippen LogP contribution >= 0.6 is 0 Å². The van der Waals surface area contributed by atoms with Gasteiger partial charge in [-0.3, -0.25) is 0 Å². The van der Waals surface area contributed by atoms with Crippen LogP contribution < -0.4 is 0 Å². The number of hydrogen-bond acceptors (Lipinski definition) is 2. The fourth-order valence-corrected chi connectivity index (χ4v) is 1.76. The Balaban J connectivity index is 1.86. The van der Waals surface area contributed by atoms with Gasteiger partial charge < -0.3 is 9.64 Å². The van der Waals surface area contributed by atoms with Crippen LogP contribution in [0.3, 0.4) is 0 Å². The normalized spacial score (nSPS) is 20.5. The number of nitrogens with zero attached hydrogens (tertiary/aromatic N) is 1. The largest absolute Gasteiger partial charge is 0.445 e. The van der Waals surface area contributed by atoms with Gasteiger partial charge in [0.05, 0.1) is 6.54 Å². The van der Waals surface area contributed by atoms with Crippen molar-refractivity contribution in [2.45, 2.75) is 19.4 Å². The van der Waals surface area contributed by atoms with Crippen LogP contribution in [0, 0.1) is 0 Å². The lowest BCUT2D eigenvalue weighted by Crippen LogP contribution is -2.27. The maximum Gasteiger partial charge on any atom is 0.410 e. The van der Waals surface area contributed by atoms with Crippen molar-refractivity contribution in [1.29, 1.82) is 0 Å². The lowest BCUT2D eigenvalue weighted by molar-refractivity contribution is 0.138. The molecule has 0 aromatic heterocycles. The van der Waals surface area contributed by atoms with E-state index in [4.69, 9.17) is 4.74 Å². The Morgan fingerprint density at radius 2 is 2.13 bits per heavy atom. The zero-order valence-corrected chi connectivity index (χ0v) is 8.85. The summed E-state index contributed by atoms with van der Waals surface area (Å²) in [5.41, 5.74) is 1.25. The molecule has 3 nitrogen and oxygen atoms in total. The molecule has 1 aliphatic rings. The van der Waals surface area contributed by atoms with Gasteiger partial charge in [-0.15, -0.1) is 0 Å². The van der Waals surface area contributed by atoms with E-state index in [1.54, 1.807) is 4.90 Å². The first-order valence-electron chi connectivity index (χ1n) is 5.25. The van der Waals surface area contributed by atoms with E-state index < -0.39 is 0 Å². The number of cyclic esters (lactones) is 1. The van der Waals surface area contributed by atoms with E-state index in [9.17, 15) is 4.79 Å². The summed E-state index contributed by atoms with van der Waals surface area (Å²) in [6, 6.07) is 10.2. The molecular formula is C12H15NO2.